The van der Waals surface area contributed by atoms with Crippen LogP contribution in [-0.2, 0) is 0 Å². The second-order valence-electron chi connectivity index (χ2n) is 4.39. The standard InChI is InChI=1S/C14H9ClN2O6/c15-11-3-1-7(17(22)23)5-9(11)13(19)16-12-4-2-8(18)6-10(12)14(20)21/h1-6,18H,(H,16,19)(H,20,21)/p-1. The Balaban J connectivity index is 2.39. The molecule has 0 aliphatic rings. The fraction of sp³-hybridized carbons (Fsp3) is 0. The second kappa shape index (κ2) is 6.32. The lowest BCUT2D eigenvalue weighted by molar-refractivity contribution is -0.384. The summed E-state index contributed by atoms with van der Waals surface area (Å²) in [6.07, 6.45) is 0. The summed E-state index contributed by atoms with van der Waals surface area (Å²) in [4.78, 5) is 33.3. The van der Waals surface area contributed by atoms with Gasteiger partial charge in [0, 0.05) is 12.1 Å². The zero-order chi connectivity index (χ0) is 17.1. The largest absolute Gasteiger partial charge is 0.872 e. The van der Waals surface area contributed by atoms with Crippen LogP contribution < -0.4 is 10.4 Å². The molecular formula is C14H8ClN2O6-. The first kappa shape index (κ1) is 16.2. The Morgan fingerprint density at radius 2 is 1.83 bits per heavy atom. The molecule has 0 aromatic heterocycles. The summed E-state index contributed by atoms with van der Waals surface area (Å²) < 4.78 is 0. The molecule has 2 rings (SSSR count). The highest BCUT2D eigenvalue weighted by atomic mass is 35.5. The predicted molar refractivity (Wildman–Crippen MR) is 78.9 cm³/mol. The number of non-ortho nitro benzene ring substituents is 1. The van der Waals surface area contributed by atoms with Crippen LogP contribution in [-0.4, -0.2) is 21.9 Å². The van der Waals surface area contributed by atoms with Crippen LogP contribution in [0.3, 0.4) is 0 Å². The summed E-state index contributed by atoms with van der Waals surface area (Å²) in [5.41, 5.74) is -1.05. The maximum Gasteiger partial charge on any atom is 0.337 e. The number of carbonyl (C=O) groups excluding carboxylic acids is 1. The van der Waals surface area contributed by atoms with Gasteiger partial charge in [0.25, 0.3) is 11.6 Å². The van der Waals surface area contributed by atoms with Crippen molar-refractivity contribution < 1.29 is 24.7 Å². The number of carbonyl (C=O) groups is 2. The average molecular weight is 336 g/mol. The van der Waals surface area contributed by atoms with Gasteiger partial charge in [-0.05, 0) is 12.1 Å². The zero-order valence-electron chi connectivity index (χ0n) is 11.3. The molecule has 0 atom stereocenters. The van der Waals surface area contributed by atoms with Gasteiger partial charge in [-0.25, -0.2) is 4.79 Å². The summed E-state index contributed by atoms with van der Waals surface area (Å²) in [6, 6.07) is 6.36. The van der Waals surface area contributed by atoms with E-state index in [1.807, 2.05) is 0 Å². The number of rotatable bonds is 4. The molecule has 23 heavy (non-hydrogen) atoms. The van der Waals surface area contributed by atoms with Crippen LogP contribution in [0.4, 0.5) is 11.4 Å². The predicted octanol–water partition coefficient (Wildman–Crippen LogP) is 2.27. The Kier molecular flexibility index (Phi) is 4.47. The summed E-state index contributed by atoms with van der Waals surface area (Å²) in [5, 5.41) is 33.2. The second-order valence-corrected chi connectivity index (χ2v) is 4.80. The monoisotopic (exact) mass is 335 g/mol. The highest BCUT2D eigenvalue weighted by Crippen LogP contribution is 2.25. The Labute approximate surface area is 134 Å². The molecule has 2 aromatic rings. The lowest BCUT2D eigenvalue weighted by Gasteiger charge is -2.12. The van der Waals surface area contributed by atoms with E-state index in [-0.39, 0.29) is 22.0 Å². The normalized spacial score (nSPS) is 10.1. The minimum atomic E-state index is -1.40. The smallest absolute Gasteiger partial charge is 0.337 e. The van der Waals surface area contributed by atoms with E-state index in [1.54, 1.807) is 0 Å². The number of amides is 1. The van der Waals surface area contributed by atoms with E-state index in [4.69, 9.17) is 16.7 Å². The number of halogens is 1. The minimum absolute atomic E-state index is 0.0366. The Bertz CT molecular complexity index is 821. The van der Waals surface area contributed by atoms with Gasteiger partial charge in [0.15, 0.2) is 0 Å². The first-order valence-electron chi connectivity index (χ1n) is 6.09. The quantitative estimate of drug-likeness (QED) is 0.650. The first-order valence-corrected chi connectivity index (χ1v) is 6.47. The number of hydrogen-bond donors (Lipinski definition) is 2. The number of aromatic carboxylic acids is 1. The summed E-state index contributed by atoms with van der Waals surface area (Å²) >= 11 is 5.84. The highest BCUT2D eigenvalue weighted by molar-refractivity contribution is 6.34. The fourth-order valence-electron chi connectivity index (χ4n) is 1.80. The van der Waals surface area contributed by atoms with Crippen molar-refractivity contribution in [1.82, 2.24) is 0 Å². The third-order valence-electron chi connectivity index (χ3n) is 2.88. The molecule has 0 saturated carbocycles. The van der Waals surface area contributed by atoms with Gasteiger partial charge in [0.2, 0.25) is 0 Å². The molecule has 0 unspecified atom stereocenters. The van der Waals surface area contributed by atoms with Crippen molar-refractivity contribution in [3.63, 3.8) is 0 Å². The molecule has 0 bridgehead atoms. The molecule has 0 fully saturated rings. The van der Waals surface area contributed by atoms with Crippen LogP contribution in [0, 0.1) is 10.1 Å². The van der Waals surface area contributed by atoms with Gasteiger partial charge < -0.3 is 15.5 Å². The van der Waals surface area contributed by atoms with Crippen LogP contribution in [0.1, 0.15) is 20.7 Å². The van der Waals surface area contributed by atoms with Crippen molar-refractivity contribution in [3.8, 4) is 5.75 Å². The van der Waals surface area contributed by atoms with E-state index in [9.17, 15) is 24.8 Å². The number of hydrogen-bond acceptors (Lipinski definition) is 5. The third-order valence-corrected chi connectivity index (χ3v) is 3.20. The van der Waals surface area contributed by atoms with Gasteiger partial charge in [-0.2, -0.15) is 0 Å². The van der Waals surface area contributed by atoms with Crippen LogP contribution in [0.2, 0.25) is 5.02 Å². The van der Waals surface area contributed by atoms with Gasteiger partial charge >= 0.3 is 5.97 Å². The number of nitrogens with zero attached hydrogens (tertiary/aromatic N) is 1. The molecule has 0 saturated heterocycles. The SMILES string of the molecule is O=C(Nc1ccc([O-])cc1C(=O)O)c1cc([N+](=O)[O-])ccc1Cl. The van der Waals surface area contributed by atoms with Crippen molar-refractivity contribution in [2.45, 2.75) is 0 Å². The first-order chi connectivity index (χ1) is 10.8. The van der Waals surface area contributed by atoms with E-state index in [1.165, 1.54) is 6.07 Å². The molecule has 1 amide bonds. The van der Waals surface area contributed by atoms with Gasteiger partial charge in [-0.15, -0.1) is 5.75 Å². The Morgan fingerprint density at radius 3 is 2.43 bits per heavy atom. The molecule has 9 heteroatoms. The molecule has 0 heterocycles. The van der Waals surface area contributed by atoms with Crippen molar-refractivity contribution in [2.75, 3.05) is 5.32 Å². The molecule has 2 N–H and O–H groups in total. The number of carboxylic acid groups (broad SMARTS) is 1. The number of anilines is 1. The molecule has 0 radical (unpaired) electrons. The molecule has 8 nitrogen and oxygen atoms in total. The van der Waals surface area contributed by atoms with Crippen molar-refractivity contribution in [2.24, 2.45) is 0 Å². The topological polar surface area (TPSA) is 133 Å². The molecule has 118 valence electrons. The maximum absolute atomic E-state index is 12.2. The molecule has 0 spiro atoms. The third kappa shape index (κ3) is 3.55. The molecule has 0 aliphatic carbocycles. The number of benzene rings is 2. The van der Waals surface area contributed by atoms with Gasteiger partial charge in [0.1, 0.15) is 0 Å². The van der Waals surface area contributed by atoms with Crippen molar-refractivity contribution >= 4 is 34.9 Å². The number of carboxylic acids is 1. The van der Waals surface area contributed by atoms with Crippen molar-refractivity contribution in [3.05, 3.63) is 62.7 Å². The number of nitrogens with one attached hydrogen (secondary N) is 1. The summed E-state index contributed by atoms with van der Waals surface area (Å²) in [7, 11) is 0. The number of nitro benzene ring substituents is 1. The summed E-state index contributed by atoms with van der Waals surface area (Å²) in [6.45, 7) is 0. The van der Waals surface area contributed by atoms with Crippen LogP contribution in [0.25, 0.3) is 0 Å². The highest BCUT2D eigenvalue weighted by Gasteiger charge is 2.18. The van der Waals surface area contributed by atoms with E-state index in [2.05, 4.69) is 5.32 Å². The van der Waals surface area contributed by atoms with Gasteiger partial charge in [-0.1, -0.05) is 23.7 Å². The van der Waals surface area contributed by atoms with E-state index in [0.717, 1.165) is 30.3 Å². The molecule has 2 aromatic carbocycles. The fourth-order valence-corrected chi connectivity index (χ4v) is 2.00. The lowest BCUT2D eigenvalue weighted by atomic mass is 10.1. The van der Waals surface area contributed by atoms with Crippen LogP contribution >= 0.6 is 11.6 Å². The average Bonchev–Trinajstić information content (AvgIpc) is 2.48. The van der Waals surface area contributed by atoms with Crippen LogP contribution in [0.15, 0.2) is 36.4 Å². The number of nitro groups is 1. The molecule has 0 aliphatic heterocycles. The Morgan fingerprint density at radius 1 is 1.13 bits per heavy atom. The maximum atomic E-state index is 12.2. The van der Waals surface area contributed by atoms with Crippen molar-refractivity contribution in [1.29, 1.82) is 0 Å². The van der Waals surface area contributed by atoms with E-state index >= 15 is 0 Å². The van der Waals surface area contributed by atoms with Gasteiger partial charge in [0.05, 0.1) is 26.8 Å². The molecular weight excluding hydrogens is 328 g/mol. The summed E-state index contributed by atoms with van der Waals surface area (Å²) in [5.74, 6) is -2.77. The Hall–Kier alpha value is -3.13. The zero-order valence-corrected chi connectivity index (χ0v) is 12.0. The van der Waals surface area contributed by atoms with E-state index in [0.29, 0.717) is 0 Å². The lowest BCUT2D eigenvalue weighted by Crippen LogP contribution is -2.15. The van der Waals surface area contributed by atoms with Gasteiger partial charge in [-0.3, -0.25) is 14.9 Å². The van der Waals surface area contributed by atoms with E-state index < -0.39 is 28.1 Å². The minimum Gasteiger partial charge on any atom is -0.872 e. The van der Waals surface area contributed by atoms with Crippen LogP contribution in [0.5, 0.6) is 5.75 Å².